The number of nitrogens with zero attached hydrogens (tertiary/aromatic N) is 4. The molecule has 0 aliphatic carbocycles. The fourth-order valence-corrected chi connectivity index (χ4v) is 2.68. The maximum atomic E-state index is 12.3. The highest BCUT2D eigenvalue weighted by atomic mass is 16.1. The first kappa shape index (κ1) is 16.3. The molecule has 0 aliphatic heterocycles. The molecular formula is C16H25N5O. The van der Waals surface area contributed by atoms with Crippen molar-refractivity contribution in [1.29, 1.82) is 0 Å². The second kappa shape index (κ2) is 6.34. The molecule has 120 valence electrons. The van der Waals surface area contributed by atoms with Crippen molar-refractivity contribution in [3.8, 4) is 0 Å². The molecule has 2 aromatic heterocycles. The van der Waals surface area contributed by atoms with Crippen LogP contribution in [0, 0.1) is 33.6 Å². The summed E-state index contributed by atoms with van der Waals surface area (Å²) < 4.78 is 3.73. The quantitative estimate of drug-likeness (QED) is 0.917. The highest BCUT2D eigenvalue weighted by molar-refractivity contribution is 5.96. The molecule has 1 N–H and O–H groups in total. The lowest BCUT2D eigenvalue weighted by atomic mass is 10.1. The third-order valence-electron chi connectivity index (χ3n) is 3.94. The minimum absolute atomic E-state index is 0.0525. The van der Waals surface area contributed by atoms with Gasteiger partial charge in [-0.25, -0.2) is 0 Å². The molecule has 2 aromatic rings. The molecule has 0 saturated heterocycles. The molecule has 0 aromatic carbocycles. The standard InChI is InChI=1S/C16H25N5O/c1-10(9-21-12(3)7-11(2)18-21)8-17-16(22)15-13(4)19-20(6)14(15)5/h7,10H,8-9H2,1-6H3,(H,17,22). The molecule has 0 saturated carbocycles. The Hall–Kier alpha value is -2.11. The van der Waals surface area contributed by atoms with Gasteiger partial charge in [0.2, 0.25) is 0 Å². The number of nitrogens with one attached hydrogen (secondary N) is 1. The maximum Gasteiger partial charge on any atom is 0.255 e. The van der Waals surface area contributed by atoms with Crippen molar-refractivity contribution in [3.05, 3.63) is 34.4 Å². The van der Waals surface area contributed by atoms with Crippen molar-refractivity contribution in [2.75, 3.05) is 6.54 Å². The van der Waals surface area contributed by atoms with E-state index >= 15 is 0 Å². The third kappa shape index (κ3) is 3.37. The molecule has 0 aliphatic rings. The molecule has 6 heteroatoms. The van der Waals surface area contributed by atoms with Gasteiger partial charge in [-0.2, -0.15) is 10.2 Å². The van der Waals surface area contributed by atoms with Crippen LogP contribution >= 0.6 is 0 Å². The Morgan fingerprint density at radius 2 is 1.95 bits per heavy atom. The molecule has 1 amide bonds. The van der Waals surface area contributed by atoms with Gasteiger partial charge in [-0.05, 0) is 39.7 Å². The number of carbonyl (C=O) groups is 1. The minimum Gasteiger partial charge on any atom is -0.352 e. The van der Waals surface area contributed by atoms with Gasteiger partial charge in [-0.3, -0.25) is 14.2 Å². The highest BCUT2D eigenvalue weighted by Gasteiger charge is 2.17. The number of aryl methyl sites for hydroxylation is 4. The molecule has 0 spiro atoms. The Kier molecular flexibility index (Phi) is 4.68. The van der Waals surface area contributed by atoms with Crippen LogP contribution in [0.15, 0.2) is 6.07 Å². The molecule has 6 nitrogen and oxygen atoms in total. The van der Waals surface area contributed by atoms with E-state index in [1.165, 1.54) is 0 Å². The van der Waals surface area contributed by atoms with Crippen LogP contribution in [0.5, 0.6) is 0 Å². The van der Waals surface area contributed by atoms with E-state index in [1.54, 1.807) is 4.68 Å². The molecule has 1 unspecified atom stereocenters. The number of hydrogen-bond acceptors (Lipinski definition) is 3. The van der Waals surface area contributed by atoms with Crippen molar-refractivity contribution in [2.24, 2.45) is 13.0 Å². The van der Waals surface area contributed by atoms with Crippen LogP contribution in [0.1, 0.15) is 40.1 Å². The monoisotopic (exact) mass is 303 g/mol. The Labute approximate surface area is 131 Å². The Morgan fingerprint density at radius 3 is 2.45 bits per heavy atom. The summed E-state index contributed by atoms with van der Waals surface area (Å²) in [6.45, 7) is 11.3. The van der Waals surface area contributed by atoms with Gasteiger partial charge in [-0.15, -0.1) is 0 Å². The van der Waals surface area contributed by atoms with Gasteiger partial charge in [0, 0.05) is 31.5 Å². The van der Waals surface area contributed by atoms with Crippen molar-refractivity contribution >= 4 is 5.91 Å². The number of aromatic nitrogens is 4. The van der Waals surface area contributed by atoms with E-state index in [1.807, 2.05) is 39.4 Å². The van der Waals surface area contributed by atoms with Crippen molar-refractivity contribution < 1.29 is 4.79 Å². The zero-order valence-electron chi connectivity index (χ0n) is 14.3. The summed E-state index contributed by atoms with van der Waals surface area (Å²) in [6, 6.07) is 2.06. The largest absolute Gasteiger partial charge is 0.352 e. The molecule has 1 atom stereocenters. The Morgan fingerprint density at radius 1 is 1.27 bits per heavy atom. The first-order valence-electron chi connectivity index (χ1n) is 7.59. The zero-order chi connectivity index (χ0) is 16.4. The lowest BCUT2D eigenvalue weighted by molar-refractivity contribution is 0.0945. The normalized spacial score (nSPS) is 12.5. The SMILES string of the molecule is Cc1cc(C)n(CC(C)CNC(=O)c2c(C)nn(C)c2C)n1. The summed E-state index contributed by atoms with van der Waals surface area (Å²) in [5.74, 6) is 0.252. The van der Waals surface area contributed by atoms with E-state index in [9.17, 15) is 4.79 Å². The van der Waals surface area contributed by atoms with E-state index < -0.39 is 0 Å². The lowest BCUT2D eigenvalue weighted by Crippen LogP contribution is -2.31. The summed E-state index contributed by atoms with van der Waals surface area (Å²) in [7, 11) is 1.85. The molecule has 22 heavy (non-hydrogen) atoms. The average molecular weight is 303 g/mol. The van der Waals surface area contributed by atoms with Gasteiger partial charge >= 0.3 is 0 Å². The van der Waals surface area contributed by atoms with Crippen LogP contribution in [0.4, 0.5) is 0 Å². The van der Waals surface area contributed by atoms with Crippen molar-refractivity contribution in [2.45, 2.75) is 41.2 Å². The van der Waals surface area contributed by atoms with Gasteiger partial charge in [0.15, 0.2) is 0 Å². The van der Waals surface area contributed by atoms with E-state index in [2.05, 4.69) is 28.5 Å². The maximum absolute atomic E-state index is 12.3. The van der Waals surface area contributed by atoms with Crippen LogP contribution in [-0.2, 0) is 13.6 Å². The van der Waals surface area contributed by atoms with Crippen LogP contribution in [-0.4, -0.2) is 32.0 Å². The number of rotatable bonds is 5. The van der Waals surface area contributed by atoms with Crippen molar-refractivity contribution in [1.82, 2.24) is 24.9 Å². The fourth-order valence-electron chi connectivity index (χ4n) is 2.68. The van der Waals surface area contributed by atoms with Gasteiger partial charge in [-0.1, -0.05) is 6.92 Å². The summed E-state index contributed by atoms with van der Waals surface area (Å²) >= 11 is 0. The second-order valence-corrected chi connectivity index (χ2v) is 6.09. The predicted molar refractivity (Wildman–Crippen MR) is 85.9 cm³/mol. The molecule has 0 radical (unpaired) electrons. The highest BCUT2D eigenvalue weighted by Crippen LogP contribution is 2.12. The third-order valence-corrected chi connectivity index (χ3v) is 3.94. The van der Waals surface area contributed by atoms with E-state index in [-0.39, 0.29) is 5.91 Å². The van der Waals surface area contributed by atoms with Crippen molar-refractivity contribution in [3.63, 3.8) is 0 Å². The van der Waals surface area contributed by atoms with E-state index in [4.69, 9.17) is 0 Å². The molecule has 2 heterocycles. The fraction of sp³-hybridized carbons (Fsp3) is 0.562. The number of amides is 1. The molecule has 2 rings (SSSR count). The molecular weight excluding hydrogens is 278 g/mol. The average Bonchev–Trinajstić information content (AvgIpc) is 2.86. The van der Waals surface area contributed by atoms with Gasteiger partial charge in [0.05, 0.1) is 17.0 Å². The lowest BCUT2D eigenvalue weighted by Gasteiger charge is -2.14. The zero-order valence-corrected chi connectivity index (χ0v) is 14.3. The van der Waals surface area contributed by atoms with Gasteiger partial charge in [0.1, 0.15) is 0 Å². The summed E-state index contributed by atoms with van der Waals surface area (Å²) in [5, 5.41) is 11.7. The second-order valence-electron chi connectivity index (χ2n) is 6.09. The Balaban J connectivity index is 1.94. The smallest absolute Gasteiger partial charge is 0.255 e. The number of carbonyl (C=O) groups excluding carboxylic acids is 1. The van der Waals surface area contributed by atoms with Crippen LogP contribution < -0.4 is 5.32 Å². The Bertz CT molecular complexity index is 683. The summed E-state index contributed by atoms with van der Waals surface area (Å²) in [4.78, 5) is 12.3. The van der Waals surface area contributed by atoms with E-state index in [0.29, 0.717) is 18.0 Å². The van der Waals surface area contributed by atoms with Gasteiger partial charge in [0.25, 0.3) is 5.91 Å². The minimum atomic E-state index is -0.0525. The predicted octanol–water partition coefficient (Wildman–Crippen LogP) is 1.92. The topological polar surface area (TPSA) is 64.7 Å². The van der Waals surface area contributed by atoms with Gasteiger partial charge < -0.3 is 5.32 Å². The first-order valence-corrected chi connectivity index (χ1v) is 7.59. The number of hydrogen-bond donors (Lipinski definition) is 1. The first-order chi connectivity index (χ1) is 10.3. The van der Waals surface area contributed by atoms with Crippen LogP contribution in [0.3, 0.4) is 0 Å². The van der Waals surface area contributed by atoms with E-state index in [0.717, 1.165) is 29.3 Å². The molecule has 0 bridgehead atoms. The van der Waals surface area contributed by atoms with Crippen LogP contribution in [0.2, 0.25) is 0 Å². The molecule has 0 fully saturated rings. The summed E-state index contributed by atoms with van der Waals surface area (Å²) in [6.07, 6.45) is 0. The summed E-state index contributed by atoms with van der Waals surface area (Å²) in [5.41, 5.74) is 4.51. The van der Waals surface area contributed by atoms with Crippen LogP contribution in [0.25, 0.3) is 0 Å².